The average Bonchev–Trinajstić information content (AvgIpc) is 3.20. The molecule has 4 heteroatoms. The van der Waals surface area contributed by atoms with Gasteiger partial charge in [-0.05, 0) is 70.5 Å². The van der Waals surface area contributed by atoms with Crippen molar-refractivity contribution in [3.05, 3.63) is 50.6 Å². The maximum Gasteiger partial charge on any atom is 0.177 e. The van der Waals surface area contributed by atoms with Gasteiger partial charge in [0, 0.05) is 26.2 Å². The molecule has 24 heavy (non-hydrogen) atoms. The number of fused-ring (bicyclic) bond motifs is 6. The van der Waals surface area contributed by atoms with Crippen molar-refractivity contribution in [2.24, 2.45) is 0 Å². The van der Waals surface area contributed by atoms with Crippen LogP contribution in [0.4, 0.5) is 4.39 Å². The van der Waals surface area contributed by atoms with E-state index in [0.717, 1.165) is 4.88 Å². The van der Waals surface area contributed by atoms with Crippen molar-refractivity contribution in [2.75, 3.05) is 0 Å². The van der Waals surface area contributed by atoms with E-state index in [0.29, 0.717) is 5.92 Å². The average molecular weight is 372 g/mol. The Hall–Kier alpha value is -1.02. The van der Waals surface area contributed by atoms with Gasteiger partial charge in [0.05, 0.1) is 0 Å². The largest absolute Gasteiger partial charge is 0.195 e. The lowest BCUT2D eigenvalue weighted by atomic mass is 9.85. The molecule has 0 saturated carbocycles. The zero-order valence-electron chi connectivity index (χ0n) is 14.1. The first-order chi connectivity index (χ1) is 11.4. The third-order valence-corrected chi connectivity index (χ3v) is 8.33. The van der Waals surface area contributed by atoms with Gasteiger partial charge >= 0.3 is 0 Å². The van der Waals surface area contributed by atoms with Crippen LogP contribution in [0.15, 0.2) is 12.1 Å². The number of hydrogen-bond acceptors (Lipinski definition) is 2. The summed E-state index contributed by atoms with van der Waals surface area (Å²) >= 11 is 3.20. The quantitative estimate of drug-likeness (QED) is 0.405. The molecule has 0 N–H and O–H groups in total. The van der Waals surface area contributed by atoms with Crippen LogP contribution < -0.4 is 4.62 Å². The van der Waals surface area contributed by atoms with Crippen LogP contribution >= 0.6 is 31.9 Å². The standard InChI is InChI=1S/C20H18FPS2/c1-7-11-5-13(21)23-19(11)17-9(3)16-8(2)12-6-14(22)24-20(12)18(16)10(4)15(7)17/h5-8H,22H2,1-4H3. The first-order valence-electron chi connectivity index (χ1n) is 8.26. The number of benzene rings is 1. The fourth-order valence-electron chi connectivity index (χ4n) is 4.86. The second-order valence-corrected chi connectivity index (χ2v) is 10.2. The van der Waals surface area contributed by atoms with Crippen molar-refractivity contribution in [3.63, 3.8) is 0 Å². The van der Waals surface area contributed by atoms with Crippen LogP contribution in [0.5, 0.6) is 0 Å². The number of rotatable bonds is 0. The van der Waals surface area contributed by atoms with Crippen LogP contribution in [0.1, 0.15) is 59.1 Å². The zero-order valence-corrected chi connectivity index (χ0v) is 16.9. The van der Waals surface area contributed by atoms with E-state index in [1.807, 2.05) is 11.3 Å². The Bertz CT molecular complexity index is 957. The van der Waals surface area contributed by atoms with Crippen molar-refractivity contribution in [3.8, 4) is 20.9 Å². The van der Waals surface area contributed by atoms with Gasteiger partial charge in [0.15, 0.2) is 5.13 Å². The lowest BCUT2D eigenvalue weighted by molar-refractivity contribution is 0.655. The van der Waals surface area contributed by atoms with E-state index in [-0.39, 0.29) is 11.0 Å². The summed E-state index contributed by atoms with van der Waals surface area (Å²) in [6.07, 6.45) is 0. The summed E-state index contributed by atoms with van der Waals surface area (Å²) in [5, 5.41) is -0.0603. The molecule has 0 fully saturated rings. The Morgan fingerprint density at radius 2 is 1.38 bits per heavy atom. The molecule has 2 aromatic heterocycles. The molecule has 0 radical (unpaired) electrons. The lowest BCUT2D eigenvalue weighted by Gasteiger charge is -2.20. The molecule has 0 aliphatic heterocycles. The van der Waals surface area contributed by atoms with Crippen LogP contribution in [-0.4, -0.2) is 0 Å². The molecule has 3 unspecified atom stereocenters. The zero-order chi connectivity index (χ0) is 16.9. The molecular formula is C20H18FPS2. The van der Waals surface area contributed by atoms with E-state index >= 15 is 0 Å². The number of thiophene rings is 2. The summed E-state index contributed by atoms with van der Waals surface area (Å²) in [5.74, 6) is 0.711. The van der Waals surface area contributed by atoms with Gasteiger partial charge in [-0.25, -0.2) is 0 Å². The van der Waals surface area contributed by atoms with Crippen LogP contribution in [0.2, 0.25) is 0 Å². The highest BCUT2D eigenvalue weighted by atomic mass is 32.1. The predicted octanol–water partition coefficient (Wildman–Crippen LogP) is 6.33. The van der Waals surface area contributed by atoms with Crippen molar-refractivity contribution in [1.82, 2.24) is 0 Å². The van der Waals surface area contributed by atoms with E-state index < -0.39 is 0 Å². The molecule has 1 aromatic carbocycles. The van der Waals surface area contributed by atoms with E-state index in [1.54, 1.807) is 6.07 Å². The summed E-state index contributed by atoms with van der Waals surface area (Å²) in [7, 11) is 2.85. The Morgan fingerprint density at radius 1 is 0.875 bits per heavy atom. The fourth-order valence-corrected chi connectivity index (χ4v) is 7.63. The Kier molecular flexibility index (Phi) is 3.04. The topological polar surface area (TPSA) is 0 Å². The molecule has 2 heterocycles. The molecule has 0 spiro atoms. The monoisotopic (exact) mass is 372 g/mol. The van der Waals surface area contributed by atoms with Gasteiger partial charge in [0.2, 0.25) is 0 Å². The summed E-state index contributed by atoms with van der Waals surface area (Å²) in [4.78, 5) is 2.60. The smallest absolute Gasteiger partial charge is 0.177 e. The molecule has 3 aromatic rings. The van der Waals surface area contributed by atoms with Crippen LogP contribution in [0, 0.1) is 19.0 Å². The highest BCUT2D eigenvalue weighted by Crippen LogP contribution is 2.58. The molecule has 0 saturated heterocycles. The molecule has 0 amide bonds. The van der Waals surface area contributed by atoms with Gasteiger partial charge in [-0.1, -0.05) is 23.1 Å². The Balaban J connectivity index is 1.91. The summed E-state index contributed by atoms with van der Waals surface area (Å²) < 4.78 is 15.2. The first-order valence-corrected chi connectivity index (χ1v) is 10.5. The van der Waals surface area contributed by atoms with Crippen molar-refractivity contribution < 1.29 is 4.39 Å². The molecule has 3 atom stereocenters. The minimum atomic E-state index is -0.0603. The molecule has 122 valence electrons. The van der Waals surface area contributed by atoms with Crippen LogP contribution in [0.25, 0.3) is 20.9 Å². The molecule has 2 aliphatic rings. The molecular weight excluding hydrogens is 354 g/mol. The van der Waals surface area contributed by atoms with Gasteiger partial charge < -0.3 is 0 Å². The van der Waals surface area contributed by atoms with Crippen molar-refractivity contribution >= 4 is 36.5 Å². The van der Waals surface area contributed by atoms with Gasteiger partial charge in [0.25, 0.3) is 0 Å². The third kappa shape index (κ3) is 1.66. The second kappa shape index (κ2) is 4.78. The molecule has 0 nitrogen and oxygen atoms in total. The van der Waals surface area contributed by atoms with E-state index in [2.05, 4.69) is 43.0 Å². The number of halogens is 1. The maximum atomic E-state index is 13.9. The normalized spacial score (nSPS) is 20.1. The maximum absolute atomic E-state index is 13.9. The SMILES string of the molecule is Cc1c2c(c(C)c3c1C(C)c1cc(F)sc1-3)C(C)c1cc(P)sc1-2. The van der Waals surface area contributed by atoms with Crippen LogP contribution in [-0.2, 0) is 0 Å². The molecule has 0 bridgehead atoms. The Morgan fingerprint density at radius 3 is 1.96 bits per heavy atom. The fraction of sp³-hybridized carbons (Fsp3) is 0.300. The van der Waals surface area contributed by atoms with Gasteiger partial charge in [-0.3, -0.25) is 0 Å². The van der Waals surface area contributed by atoms with E-state index in [9.17, 15) is 4.39 Å². The predicted molar refractivity (Wildman–Crippen MR) is 107 cm³/mol. The summed E-state index contributed by atoms with van der Waals surface area (Å²) in [6, 6.07) is 4.06. The summed E-state index contributed by atoms with van der Waals surface area (Å²) in [6.45, 7) is 9.05. The highest BCUT2D eigenvalue weighted by molar-refractivity contribution is 7.44. The minimum Gasteiger partial charge on any atom is -0.195 e. The lowest BCUT2D eigenvalue weighted by Crippen LogP contribution is -2.02. The van der Waals surface area contributed by atoms with E-state index in [4.69, 9.17) is 0 Å². The van der Waals surface area contributed by atoms with E-state index in [1.165, 1.54) is 65.3 Å². The molecule has 5 rings (SSSR count). The van der Waals surface area contributed by atoms with Crippen molar-refractivity contribution in [1.29, 1.82) is 0 Å². The number of hydrogen-bond donors (Lipinski definition) is 0. The van der Waals surface area contributed by atoms with Gasteiger partial charge in [-0.2, -0.15) is 4.39 Å². The van der Waals surface area contributed by atoms with Gasteiger partial charge in [0.1, 0.15) is 0 Å². The van der Waals surface area contributed by atoms with Crippen LogP contribution in [0.3, 0.4) is 0 Å². The first kappa shape index (κ1) is 15.3. The Labute approximate surface area is 151 Å². The minimum absolute atomic E-state index is 0.0603. The van der Waals surface area contributed by atoms with Gasteiger partial charge in [-0.15, -0.1) is 22.7 Å². The molecule has 2 aliphatic carbocycles. The highest BCUT2D eigenvalue weighted by Gasteiger charge is 2.38. The van der Waals surface area contributed by atoms with Crippen molar-refractivity contribution in [2.45, 2.75) is 39.5 Å². The third-order valence-electron chi connectivity index (χ3n) is 5.86. The summed E-state index contributed by atoms with van der Waals surface area (Å²) in [5.41, 5.74) is 11.1. The second-order valence-electron chi connectivity index (χ2n) is 7.04.